The van der Waals surface area contributed by atoms with Crippen LogP contribution >= 0.6 is 0 Å². The highest BCUT2D eigenvalue weighted by atomic mass is 19.3. The van der Waals surface area contributed by atoms with Crippen molar-refractivity contribution in [3.05, 3.63) is 29.7 Å². The van der Waals surface area contributed by atoms with Gasteiger partial charge in [-0.25, -0.2) is 31.9 Å². The lowest BCUT2D eigenvalue weighted by Crippen LogP contribution is -2.40. The highest BCUT2D eigenvalue weighted by Gasteiger charge is 2.46. The van der Waals surface area contributed by atoms with Gasteiger partial charge in [-0.3, -0.25) is 4.79 Å². The first-order valence-corrected chi connectivity index (χ1v) is 13.9. The number of carbonyl (C=O) groups excluding carboxylic acids is 2. The number of ether oxygens (including phenoxy) is 1. The van der Waals surface area contributed by atoms with Gasteiger partial charge in [-0.1, -0.05) is 13.8 Å². The fraction of sp³-hybridized carbons (Fsp3) is 0.714. The third-order valence-corrected chi connectivity index (χ3v) is 7.57. The fourth-order valence-electron chi connectivity index (χ4n) is 5.55. The Morgan fingerprint density at radius 2 is 1.75 bits per heavy atom. The summed E-state index contributed by atoms with van der Waals surface area (Å²) in [5, 5.41) is 10.2. The molecule has 2 aromatic heterocycles. The van der Waals surface area contributed by atoms with Gasteiger partial charge in [-0.15, -0.1) is 0 Å². The van der Waals surface area contributed by atoms with Crippen LogP contribution in [-0.2, 0) is 9.53 Å². The molecule has 0 unspecified atom stereocenters. The van der Waals surface area contributed by atoms with Gasteiger partial charge in [-0.05, 0) is 63.0 Å². The standard InChI is InChI=1S/C28H39F4N5O3/c1-16(2)23(35-22(38)10-17-12-28(31,32)13-17)19-11-21-34-20(15-37(21)33-14-19)24(36-25(39)40-26(3,4)5)18-6-8-27(29,30)9-7-18/h11,14-18,23-24H,6-10,12-13H2,1-5H3,(H,35,38)(H,36,39)/t23-,24-/m0/s1. The van der Waals surface area contributed by atoms with E-state index in [1.54, 1.807) is 39.2 Å². The summed E-state index contributed by atoms with van der Waals surface area (Å²) in [5.74, 6) is -6.30. The van der Waals surface area contributed by atoms with E-state index in [4.69, 9.17) is 4.74 Å². The summed E-state index contributed by atoms with van der Waals surface area (Å²) in [5.41, 5.74) is 0.894. The number of fused-ring (bicyclic) bond motifs is 1. The van der Waals surface area contributed by atoms with Crippen LogP contribution in [-0.4, -0.2) is 44.0 Å². The van der Waals surface area contributed by atoms with Crippen LogP contribution in [0.15, 0.2) is 18.5 Å². The highest BCUT2D eigenvalue weighted by Crippen LogP contribution is 2.44. The summed E-state index contributed by atoms with van der Waals surface area (Å²) in [6.07, 6.45) is 2.01. The second-order valence-electron chi connectivity index (χ2n) is 12.7. The summed E-state index contributed by atoms with van der Waals surface area (Å²) >= 11 is 0. The van der Waals surface area contributed by atoms with Crippen LogP contribution < -0.4 is 10.6 Å². The number of imidazole rings is 1. The van der Waals surface area contributed by atoms with Crippen LogP contribution in [0.1, 0.15) is 103 Å². The number of nitrogens with one attached hydrogen (secondary N) is 2. The zero-order valence-electron chi connectivity index (χ0n) is 23.6. The van der Waals surface area contributed by atoms with Crippen molar-refractivity contribution in [3.63, 3.8) is 0 Å². The molecule has 2 fully saturated rings. The molecule has 8 nitrogen and oxygen atoms in total. The molecule has 0 radical (unpaired) electrons. The molecule has 0 saturated heterocycles. The molecule has 4 rings (SSSR count). The van der Waals surface area contributed by atoms with Crippen LogP contribution in [0.4, 0.5) is 22.4 Å². The lowest BCUT2D eigenvalue weighted by atomic mass is 9.79. The molecule has 2 aliphatic rings. The first kappa shape index (κ1) is 30.0. The smallest absolute Gasteiger partial charge is 0.408 e. The first-order valence-electron chi connectivity index (χ1n) is 13.9. The van der Waals surface area contributed by atoms with E-state index in [0.29, 0.717) is 16.9 Å². The topological polar surface area (TPSA) is 97.6 Å². The van der Waals surface area contributed by atoms with E-state index in [-0.39, 0.29) is 68.6 Å². The zero-order valence-corrected chi connectivity index (χ0v) is 23.6. The molecular formula is C28H39F4N5O3. The van der Waals surface area contributed by atoms with E-state index < -0.39 is 35.6 Å². The molecular weight excluding hydrogens is 530 g/mol. The van der Waals surface area contributed by atoms with Gasteiger partial charge in [0.25, 0.3) is 0 Å². The van der Waals surface area contributed by atoms with Crippen molar-refractivity contribution in [1.29, 1.82) is 0 Å². The van der Waals surface area contributed by atoms with E-state index in [0.717, 1.165) is 0 Å². The molecule has 2 amide bonds. The van der Waals surface area contributed by atoms with Gasteiger partial charge in [0.15, 0.2) is 5.65 Å². The molecule has 2 aromatic rings. The number of alkyl halides is 4. The summed E-state index contributed by atoms with van der Waals surface area (Å²) in [6.45, 7) is 9.09. The summed E-state index contributed by atoms with van der Waals surface area (Å²) in [6, 6.07) is 0.706. The Morgan fingerprint density at radius 3 is 2.33 bits per heavy atom. The molecule has 2 aliphatic carbocycles. The van der Waals surface area contributed by atoms with Crippen molar-refractivity contribution in [2.75, 3.05) is 0 Å². The largest absolute Gasteiger partial charge is 0.444 e. The molecule has 0 aromatic carbocycles. The molecule has 0 aliphatic heterocycles. The number of hydrogen-bond acceptors (Lipinski definition) is 5. The minimum atomic E-state index is -2.72. The van der Waals surface area contributed by atoms with Gasteiger partial charge in [0.05, 0.1) is 30.2 Å². The van der Waals surface area contributed by atoms with Gasteiger partial charge in [-0.2, -0.15) is 5.10 Å². The summed E-state index contributed by atoms with van der Waals surface area (Å²) < 4.78 is 61.1. The van der Waals surface area contributed by atoms with Crippen LogP contribution in [0.2, 0.25) is 0 Å². The Labute approximate surface area is 231 Å². The maximum Gasteiger partial charge on any atom is 0.408 e. The van der Waals surface area contributed by atoms with Crippen LogP contribution in [0.5, 0.6) is 0 Å². The quantitative estimate of drug-likeness (QED) is 0.360. The third-order valence-electron chi connectivity index (χ3n) is 7.57. The normalized spacial score (nSPS) is 21.1. The van der Waals surface area contributed by atoms with E-state index in [1.165, 1.54) is 4.52 Å². The maximum absolute atomic E-state index is 13.9. The number of nitrogens with zero attached hydrogens (tertiary/aromatic N) is 3. The molecule has 2 saturated carbocycles. The number of amides is 2. The number of aromatic nitrogens is 3. The lowest BCUT2D eigenvalue weighted by Gasteiger charge is -2.35. The number of halogens is 4. The van der Waals surface area contributed by atoms with Gasteiger partial charge >= 0.3 is 6.09 Å². The Hall–Kier alpha value is -2.92. The number of alkyl carbamates (subject to hydrolysis) is 1. The van der Waals surface area contributed by atoms with Crippen molar-refractivity contribution in [2.45, 2.75) is 109 Å². The Kier molecular flexibility index (Phi) is 8.38. The van der Waals surface area contributed by atoms with Gasteiger partial charge in [0, 0.05) is 32.1 Å². The monoisotopic (exact) mass is 569 g/mol. The second-order valence-corrected chi connectivity index (χ2v) is 12.7. The van der Waals surface area contributed by atoms with Crippen molar-refractivity contribution < 1.29 is 31.9 Å². The Bertz CT molecular complexity index is 1210. The molecule has 0 spiro atoms. The fourth-order valence-corrected chi connectivity index (χ4v) is 5.55. The average molecular weight is 570 g/mol. The Balaban J connectivity index is 1.54. The second kappa shape index (κ2) is 11.2. The first-order chi connectivity index (χ1) is 18.5. The number of hydrogen-bond donors (Lipinski definition) is 2. The average Bonchev–Trinajstić information content (AvgIpc) is 3.22. The van der Waals surface area contributed by atoms with Crippen molar-refractivity contribution in [1.82, 2.24) is 25.2 Å². The van der Waals surface area contributed by atoms with Gasteiger partial charge < -0.3 is 15.4 Å². The van der Waals surface area contributed by atoms with E-state index in [2.05, 4.69) is 20.7 Å². The zero-order chi connectivity index (χ0) is 29.5. The van der Waals surface area contributed by atoms with E-state index in [9.17, 15) is 27.2 Å². The number of carbonyl (C=O) groups is 2. The lowest BCUT2D eigenvalue weighted by molar-refractivity contribution is -0.134. The molecule has 2 heterocycles. The molecule has 0 bridgehead atoms. The van der Waals surface area contributed by atoms with Gasteiger partial charge in [0.2, 0.25) is 17.8 Å². The SMILES string of the molecule is CC(C)[C@H](NC(=O)CC1CC(F)(F)C1)c1cnn2cc([C@@H](NC(=O)OC(C)(C)C)C3CCC(F)(F)CC3)nc2c1. The van der Waals surface area contributed by atoms with Crippen LogP contribution in [0, 0.1) is 17.8 Å². The van der Waals surface area contributed by atoms with Crippen LogP contribution in [0.3, 0.4) is 0 Å². The van der Waals surface area contributed by atoms with E-state index >= 15 is 0 Å². The molecule has 12 heteroatoms. The summed E-state index contributed by atoms with van der Waals surface area (Å²) in [7, 11) is 0. The predicted octanol–water partition coefficient (Wildman–Crippen LogP) is 6.37. The molecule has 2 atom stereocenters. The van der Waals surface area contributed by atoms with Crippen LogP contribution in [0.25, 0.3) is 5.65 Å². The minimum absolute atomic E-state index is 0.0176. The van der Waals surface area contributed by atoms with Crippen molar-refractivity contribution >= 4 is 17.6 Å². The van der Waals surface area contributed by atoms with Gasteiger partial charge in [0.1, 0.15) is 5.60 Å². The summed E-state index contributed by atoms with van der Waals surface area (Å²) in [4.78, 5) is 30.0. The molecule has 2 N–H and O–H groups in total. The predicted molar refractivity (Wildman–Crippen MR) is 140 cm³/mol. The molecule has 40 heavy (non-hydrogen) atoms. The highest BCUT2D eigenvalue weighted by molar-refractivity contribution is 5.77. The Morgan fingerprint density at radius 1 is 1.10 bits per heavy atom. The van der Waals surface area contributed by atoms with Crippen molar-refractivity contribution in [3.8, 4) is 0 Å². The third kappa shape index (κ3) is 7.63. The molecule has 222 valence electrons. The van der Waals surface area contributed by atoms with E-state index in [1.807, 2.05) is 13.8 Å². The van der Waals surface area contributed by atoms with Crippen molar-refractivity contribution in [2.24, 2.45) is 17.8 Å². The minimum Gasteiger partial charge on any atom is -0.444 e. The maximum atomic E-state index is 13.9. The number of rotatable bonds is 8.